The third-order valence-electron chi connectivity index (χ3n) is 7.44. The number of nitrogens with zero attached hydrogens (tertiary/aromatic N) is 2. The van der Waals surface area contributed by atoms with Crippen LogP contribution in [-0.2, 0) is 4.79 Å². The van der Waals surface area contributed by atoms with Gasteiger partial charge in [-0.25, -0.2) is 4.79 Å². The summed E-state index contributed by atoms with van der Waals surface area (Å²) in [6, 6.07) is 7.86. The molecule has 2 saturated carbocycles. The van der Waals surface area contributed by atoms with Crippen LogP contribution in [0.5, 0.6) is 5.75 Å². The Kier molecular flexibility index (Phi) is 7.00. The topological polar surface area (TPSA) is 73.9 Å². The molecule has 2 bridgehead atoms. The molecular weight excluding hydrogens is 392 g/mol. The number of ether oxygens (including phenoxy) is 1. The second-order valence-electron chi connectivity index (χ2n) is 9.46. The number of methoxy groups -OCH3 is 1. The number of carbonyl (C=O) groups excluding carboxylic acids is 2. The molecule has 1 aromatic carbocycles. The van der Waals surface area contributed by atoms with Crippen LogP contribution in [0.3, 0.4) is 0 Å². The van der Waals surface area contributed by atoms with Crippen molar-refractivity contribution in [2.45, 2.75) is 45.1 Å². The number of hydrogen-bond acceptors (Lipinski definition) is 5. The van der Waals surface area contributed by atoms with Gasteiger partial charge in [0.05, 0.1) is 13.7 Å². The van der Waals surface area contributed by atoms with Crippen LogP contribution in [0.2, 0.25) is 0 Å². The molecule has 2 aliphatic carbocycles. The Morgan fingerprint density at radius 1 is 1.10 bits per heavy atom. The van der Waals surface area contributed by atoms with E-state index in [0.29, 0.717) is 5.92 Å². The van der Waals surface area contributed by atoms with Crippen LogP contribution in [0.4, 0.5) is 10.5 Å². The van der Waals surface area contributed by atoms with Gasteiger partial charge in [-0.15, -0.1) is 0 Å². The van der Waals surface area contributed by atoms with Crippen molar-refractivity contribution in [1.82, 2.24) is 15.5 Å². The molecule has 2 N–H and O–H groups in total. The maximum atomic E-state index is 12.4. The first-order chi connectivity index (χ1) is 15.0. The van der Waals surface area contributed by atoms with E-state index in [-0.39, 0.29) is 24.5 Å². The Balaban J connectivity index is 1.20. The third-order valence-corrected chi connectivity index (χ3v) is 7.44. The fourth-order valence-electron chi connectivity index (χ4n) is 5.81. The first kappa shape index (κ1) is 21.9. The molecule has 170 valence electrons. The van der Waals surface area contributed by atoms with Gasteiger partial charge in [0.2, 0.25) is 5.91 Å². The lowest BCUT2D eigenvalue weighted by Gasteiger charge is -2.28. The molecule has 3 fully saturated rings. The molecule has 0 aromatic heterocycles. The summed E-state index contributed by atoms with van der Waals surface area (Å²) in [6.07, 6.45) is 6.17. The highest BCUT2D eigenvalue weighted by Crippen LogP contribution is 2.49. The lowest BCUT2D eigenvalue weighted by atomic mass is 9.84. The molecule has 7 heteroatoms. The normalized spacial score (nSPS) is 26.9. The van der Waals surface area contributed by atoms with E-state index in [1.807, 2.05) is 12.1 Å². The number of fused-ring (bicyclic) bond motifs is 2. The lowest BCUT2D eigenvalue weighted by molar-refractivity contribution is -0.121. The fourth-order valence-corrected chi connectivity index (χ4v) is 5.81. The van der Waals surface area contributed by atoms with E-state index < -0.39 is 0 Å². The Morgan fingerprint density at radius 3 is 2.58 bits per heavy atom. The Bertz CT molecular complexity index is 769. The molecule has 0 spiro atoms. The van der Waals surface area contributed by atoms with E-state index in [2.05, 4.69) is 39.5 Å². The predicted octanol–water partition coefficient (Wildman–Crippen LogP) is 2.86. The molecular formula is C24H36N4O3. The summed E-state index contributed by atoms with van der Waals surface area (Å²) in [7, 11) is 1.67. The number of nitrogens with one attached hydrogen (secondary N) is 2. The van der Waals surface area contributed by atoms with Crippen molar-refractivity contribution in [2.75, 3.05) is 44.7 Å². The van der Waals surface area contributed by atoms with E-state index in [0.717, 1.165) is 50.2 Å². The van der Waals surface area contributed by atoms with Crippen molar-refractivity contribution < 1.29 is 14.3 Å². The molecule has 0 radical (unpaired) electrons. The van der Waals surface area contributed by atoms with E-state index in [1.54, 1.807) is 7.11 Å². The van der Waals surface area contributed by atoms with Gasteiger partial charge in [-0.05, 0) is 74.6 Å². The van der Waals surface area contributed by atoms with Gasteiger partial charge in [-0.3, -0.25) is 15.0 Å². The number of rotatable bonds is 6. The fraction of sp³-hybridized carbons (Fsp3) is 0.667. The average molecular weight is 429 g/mol. The van der Waals surface area contributed by atoms with Crippen LogP contribution < -0.4 is 20.3 Å². The minimum Gasteiger partial charge on any atom is -0.497 e. The molecule has 1 heterocycles. The smallest absolute Gasteiger partial charge is 0.321 e. The number of urea groups is 1. The second-order valence-corrected chi connectivity index (χ2v) is 9.46. The van der Waals surface area contributed by atoms with Gasteiger partial charge >= 0.3 is 6.03 Å². The Labute approximate surface area is 185 Å². The van der Waals surface area contributed by atoms with Crippen molar-refractivity contribution in [3.63, 3.8) is 0 Å². The summed E-state index contributed by atoms with van der Waals surface area (Å²) in [5, 5.41) is 5.56. The minimum atomic E-state index is -0.352. The SMILES string of the molecule is COc1ccc(N2CCCN(CC(=O)NC(=O)NC(C)C3CC4CCC3C4)CC2)cc1. The molecule has 3 aliphatic rings. The van der Waals surface area contributed by atoms with Crippen LogP contribution >= 0.6 is 0 Å². The molecule has 31 heavy (non-hydrogen) atoms. The highest BCUT2D eigenvalue weighted by Gasteiger charge is 2.42. The van der Waals surface area contributed by atoms with Gasteiger partial charge in [0, 0.05) is 37.9 Å². The summed E-state index contributed by atoms with van der Waals surface area (Å²) < 4.78 is 5.24. The zero-order valence-electron chi connectivity index (χ0n) is 18.8. The first-order valence-electron chi connectivity index (χ1n) is 11.7. The van der Waals surface area contributed by atoms with Crippen molar-refractivity contribution in [3.05, 3.63) is 24.3 Å². The zero-order valence-corrected chi connectivity index (χ0v) is 18.8. The molecule has 1 aromatic rings. The third kappa shape index (κ3) is 5.50. The summed E-state index contributed by atoms with van der Waals surface area (Å²) in [5.41, 5.74) is 1.17. The van der Waals surface area contributed by atoms with E-state index >= 15 is 0 Å². The Morgan fingerprint density at radius 2 is 1.90 bits per heavy atom. The quantitative estimate of drug-likeness (QED) is 0.729. The van der Waals surface area contributed by atoms with Crippen molar-refractivity contribution in [2.24, 2.45) is 17.8 Å². The van der Waals surface area contributed by atoms with Crippen LogP contribution in [-0.4, -0.2) is 62.7 Å². The minimum absolute atomic E-state index is 0.124. The van der Waals surface area contributed by atoms with Crippen molar-refractivity contribution in [3.8, 4) is 5.75 Å². The van der Waals surface area contributed by atoms with Gasteiger partial charge in [0.1, 0.15) is 5.75 Å². The average Bonchev–Trinajstić information content (AvgIpc) is 3.32. The standard InChI is InChI=1S/C24H36N4O3/c1-17(22-15-18-4-5-19(22)14-18)25-24(30)26-23(29)16-27-10-3-11-28(13-12-27)20-6-8-21(31-2)9-7-20/h6-9,17-19,22H,3-5,10-16H2,1-2H3,(H2,25,26,29,30). The number of hydrogen-bond donors (Lipinski definition) is 2. The molecule has 4 atom stereocenters. The van der Waals surface area contributed by atoms with E-state index in [4.69, 9.17) is 4.74 Å². The van der Waals surface area contributed by atoms with Gasteiger partial charge in [0.25, 0.3) is 0 Å². The number of benzene rings is 1. The maximum absolute atomic E-state index is 12.4. The molecule has 4 rings (SSSR count). The Hall–Kier alpha value is -2.28. The number of imide groups is 1. The van der Waals surface area contributed by atoms with Gasteiger partial charge in [-0.1, -0.05) is 6.42 Å². The monoisotopic (exact) mass is 428 g/mol. The highest BCUT2D eigenvalue weighted by atomic mass is 16.5. The highest BCUT2D eigenvalue weighted by molar-refractivity contribution is 5.95. The molecule has 4 unspecified atom stereocenters. The summed E-state index contributed by atoms with van der Waals surface area (Å²) >= 11 is 0. The number of amides is 3. The number of carbonyl (C=O) groups is 2. The second kappa shape index (κ2) is 9.90. The predicted molar refractivity (Wildman–Crippen MR) is 121 cm³/mol. The van der Waals surface area contributed by atoms with Crippen molar-refractivity contribution >= 4 is 17.6 Å². The zero-order chi connectivity index (χ0) is 21.8. The maximum Gasteiger partial charge on any atom is 0.321 e. The number of anilines is 1. The largest absolute Gasteiger partial charge is 0.497 e. The van der Waals surface area contributed by atoms with Gasteiger partial charge < -0.3 is 15.0 Å². The summed E-state index contributed by atoms with van der Waals surface area (Å²) in [4.78, 5) is 29.3. The van der Waals surface area contributed by atoms with Gasteiger partial charge in [-0.2, -0.15) is 0 Å². The van der Waals surface area contributed by atoms with Crippen LogP contribution in [0.15, 0.2) is 24.3 Å². The molecule has 3 amide bonds. The molecule has 1 saturated heterocycles. The van der Waals surface area contributed by atoms with Crippen LogP contribution in [0, 0.1) is 17.8 Å². The summed E-state index contributed by atoms with van der Waals surface area (Å²) in [5.74, 6) is 2.79. The first-order valence-corrected chi connectivity index (χ1v) is 11.7. The van der Waals surface area contributed by atoms with Crippen molar-refractivity contribution in [1.29, 1.82) is 0 Å². The summed E-state index contributed by atoms with van der Waals surface area (Å²) in [6.45, 7) is 5.79. The van der Waals surface area contributed by atoms with E-state index in [9.17, 15) is 9.59 Å². The van der Waals surface area contributed by atoms with E-state index in [1.165, 1.54) is 31.4 Å². The lowest BCUT2D eigenvalue weighted by Crippen LogP contribution is -2.49. The van der Waals surface area contributed by atoms with Crippen LogP contribution in [0.25, 0.3) is 0 Å². The van der Waals surface area contributed by atoms with Gasteiger partial charge in [0.15, 0.2) is 0 Å². The molecule has 1 aliphatic heterocycles. The molecule has 7 nitrogen and oxygen atoms in total. The van der Waals surface area contributed by atoms with Crippen LogP contribution in [0.1, 0.15) is 39.0 Å².